The summed E-state index contributed by atoms with van der Waals surface area (Å²) in [6, 6.07) is -0.554. The number of carbonyl (C=O) groups is 2. The lowest BCUT2D eigenvalue weighted by Gasteiger charge is -2.22. The Morgan fingerprint density at radius 3 is 1.00 bits per heavy atom. The van der Waals surface area contributed by atoms with E-state index in [1.165, 1.54) is 225 Å². The average molecular weight is 864 g/mol. The van der Waals surface area contributed by atoms with Crippen molar-refractivity contribution in [2.75, 3.05) is 13.2 Å². The SMILES string of the molecule is CCCCCCCCCCCCCCCCCCCCC(O)C(CO)NC(=O)CCCCCCCCCCCCCOC(=O)CCCCCCCCCCCCCCCCC. The van der Waals surface area contributed by atoms with Crippen molar-refractivity contribution in [2.24, 2.45) is 0 Å². The molecule has 0 aromatic carbocycles. The first-order chi connectivity index (χ1) is 30.0. The number of amides is 1. The molecule has 0 rings (SSSR count). The first-order valence-electron chi connectivity index (χ1n) is 27.8. The molecule has 0 aliphatic heterocycles. The van der Waals surface area contributed by atoms with Crippen molar-refractivity contribution in [2.45, 2.75) is 328 Å². The molecule has 6 heteroatoms. The van der Waals surface area contributed by atoms with Gasteiger partial charge in [-0.2, -0.15) is 0 Å². The lowest BCUT2D eigenvalue weighted by molar-refractivity contribution is -0.143. The minimum atomic E-state index is -0.675. The van der Waals surface area contributed by atoms with Gasteiger partial charge in [0.05, 0.1) is 25.4 Å². The summed E-state index contributed by atoms with van der Waals surface area (Å²) in [4.78, 5) is 24.5. The van der Waals surface area contributed by atoms with E-state index in [9.17, 15) is 19.8 Å². The largest absolute Gasteiger partial charge is 0.466 e. The standard InChI is InChI=1S/C55H109NO5/c1-3-5-7-9-11-13-15-17-19-20-21-23-24-27-31-35-39-43-47-53(58)52(51-57)56-54(59)48-44-40-36-32-28-26-30-34-38-42-46-50-61-55(60)49-45-41-37-33-29-25-22-18-16-14-12-10-8-6-4-2/h52-53,57-58H,3-51H2,1-2H3,(H,56,59). The van der Waals surface area contributed by atoms with Crippen LogP contribution >= 0.6 is 0 Å². The number of hydrogen-bond acceptors (Lipinski definition) is 5. The summed E-state index contributed by atoms with van der Waals surface area (Å²) in [7, 11) is 0. The van der Waals surface area contributed by atoms with Gasteiger partial charge in [-0.05, 0) is 25.7 Å². The van der Waals surface area contributed by atoms with E-state index in [2.05, 4.69) is 19.2 Å². The second-order valence-corrected chi connectivity index (χ2v) is 19.3. The summed E-state index contributed by atoms with van der Waals surface area (Å²) in [5.74, 6) is -0.0597. The Morgan fingerprint density at radius 1 is 0.393 bits per heavy atom. The molecular weight excluding hydrogens is 755 g/mol. The van der Waals surface area contributed by atoms with Gasteiger partial charge in [0.1, 0.15) is 0 Å². The number of aliphatic hydroxyl groups is 2. The van der Waals surface area contributed by atoms with Crippen molar-refractivity contribution < 1.29 is 24.5 Å². The Kier molecular flexibility index (Phi) is 50.5. The maximum absolute atomic E-state index is 12.5. The zero-order chi connectivity index (χ0) is 44.4. The molecule has 0 saturated carbocycles. The van der Waals surface area contributed by atoms with Gasteiger partial charge in [-0.3, -0.25) is 9.59 Å². The van der Waals surface area contributed by atoms with E-state index in [1.54, 1.807) is 0 Å². The highest BCUT2D eigenvalue weighted by atomic mass is 16.5. The fraction of sp³-hybridized carbons (Fsp3) is 0.964. The molecule has 0 saturated heterocycles. The van der Waals surface area contributed by atoms with E-state index in [0.717, 1.165) is 57.8 Å². The van der Waals surface area contributed by atoms with Gasteiger partial charge in [-0.1, -0.05) is 277 Å². The predicted octanol–water partition coefficient (Wildman–Crippen LogP) is 16.7. The summed E-state index contributed by atoms with van der Waals surface area (Å²) in [5, 5.41) is 23.3. The molecule has 0 fully saturated rings. The number of rotatable bonds is 52. The van der Waals surface area contributed by atoms with Crippen LogP contribution in [0.3, 0.4) is 0 Å². The fourth-order valence-electron chi connectivity index (χ4n) is 8.88. The molecule has 0 aromatic rings. The number of nitrogens with one attached hydrogen (secondary N) is 1. The maximum Gasteiger partial charge on any atom is 0.305 e. The van der Waals surface area contributed by atoms with Crippen LogP contribution in [0.15, 0.2) is 0 Å². The predicted molar refractivity (Wildman–Crippen MR) is 264 cm³/mol. The van der Waals surface area contributed by atoms with Crippen molar-refractivity contribution >= 4 is 11.9 Å². The molecular formula is C55H109NO5. The van der Waals surface area contributed by atoms with E-state index in [1.807, 2.05) is 0 Å². The maximum atomic E-state index is 12.5. The second kappa shape index (κ2) is 51.5. The summed E-state index contributed by atoms with van der Waals surface area (Å²) in [6.45, 7) is 4.94. The van der Waals surface area contributed by atoms with Crippen LogP contribution in [-0.2, 0) is 14.3 Å². The summed E-state index contributed by atoms with van der Waals surface area (Å²) < 4.78 is 5.47. The molecule has 6 nitrogen and oxygen atoms in total. The zero-order valence-corrected chi connectivity index (χ0v) is 41.4. The highest BCUT2D eigenvalue weighted by Gasteiger charge is 2.20. The Hall–Kier alpha value is -1.14. The molecule has 0 bridgehead atoms. The molecule has 0 heterocycles. The van der Waals surface area contributed by atoms with Crippen molar-refractivity contribution in [1.82, 2.24) is 5.32 Å². The lowest BCUT2D eigenvalue weighted by atomic mass is 10.0. The smallest absolute Gasteiger partial charge is 0.305 e. The summed E-state index contributed by atoms with van der Waals surface area (Å²) in [5.41, 5.74) is 0. The first-order valence-corrected chi connectivity index (χ1v) is 27.8. The van der Waals surface area contributed by atoms with E-state index < -0.39 is 12.1 Å². The average Bonchev–Trinajstić information content (AvgIpc) is 3.26. The highest BCUT2D eigenvalue weighted by molar-refractivity contribution is 5.76. The third-order valence-corrected chi connectivity index (χ3v) is 13.2. The van der Waals surface area contributed by atoms with Crippen LogP contribution in [0.25, 0.3) is 0 Å². The van der Waals surface area contributed by atoms with Crippen LogP contribution in [0, 0.1) is 0 Å². The topological polar surface area (TPSA) is 95.9 Å². The number of ether oxygens (including phenoxy) is 1. The Labute approximate surface area is 381 Å². The van der Waals surface area contributed by atoms with Crippen molar-refractivity contribution in [1.29, 1.82) is 0 Å². The first kappa shape index (κ1) is 59.9. The molecule has 0 radical (unpaired) electrons. The molecule has 0 aliphatic rings. The van der Waals surface area contributed by atoms with Gasteiger partial charge in [0.2, 0.25) is 5.91 Å². The molecule has 0 spiro atoms. The van der Waals surface area contributed by atoms with Gasteiger partial charge < -0.3 is 20.3 Å². The van der Waals surface area contributed by atoms with Crippen molar-refractivity contribution in [3.05, 3.63) is 0 Å². The van der Waals surface area contributed by atoms with Crippen LogP contribution in [0.1, 0.15) is 316 Å². The molecule has 2 unspecified atom stereocenters. The van der Waals surface area contributed by atoms with Gasteiger partial charge in [-0.25, -0.2) is 0 Å². The molecule has 3 N–H and O–H groups in total. The minimum Gasteiger partial charge on any atom is -0.466 e. The number of esters is 1. The number of hydrogen-bond donors (Lipinski definition) is 3. The summed E-state index contributed by atoms with van der Waals surface area (Å²) >= 11 is 0. The van der Waals surface area contributed by atoms with Gasteiger partial charge in [0.25, 0.3) is 0 Å². The summed E-state index contributed by atoms with van der Waals surface area (Å²) in [6.07, 6.45) is 57.9. The third kappa shape index (κ3) is 48.2. The fourth-order valence-corrected chi connectivity index (χ4v) is 8.88. The normalized spacial score (nSPS) is 12.5. The number of unbranched alkanes of at least 4 members (excludes halogenated alkanes) is 41. The van der Waals surface area contributed by atoms with Crippen LogP contribution in [-0.4, -0.2) is 47.4 Å². The van der Waals surface area contributed by atoms with Crippen molar-refractivity contribution in [3.8, 4) is 0 Å². The van der Waals surface area contributed by atoms with Crippen LogP contribution in [0.2, 0.25) is 0 Å². The molecule has 364 valence electrons. The van der Waals surface area contributed by atoms with E-state index in [-0.39, 0.29) is 18.5 Å². The lowest BCUT2D eigenvalue weighted by Crippen LogP contribution is -2.45. The Balaban J connectivity index is 3.44. The highest BCUT2D eigenvalue weighted by Crippen LogP contribution is 2.18. The quantitative estimate of drug-likeness (QED) is 0.0418. The number of aliphatic hydroxyl groups excluding tert-OH is 2. The van der Waals surface area contributed by atoms with E-state index >= 15 is 0 Å². The number of carbonyl (C=O) groups excluding carboxylic acids is 2. The molecule has 0 aliphatic carbocycles. The van der Waals surface area contributed by atoms with Crippen LogP contribution < -0.4 is 5.32 Å². The zero-order valence-electron chi connectivity index (χ0n) is 41.4. The molecule has 61 heavy (non-hydrogen) atoms. The third-order valence-electron chi connectivity index (χ3n) is 13.2. The Bertz CT molecular complexity index is 867. The van der Waals surface area contributed by atoms with Gasteiger partial charge in [-0.15, -0.1) is 0 Å². The Morgan fingerprint density at radius 2 is 0.672 bits per heavy atom. The van der Waals surface area contributed by atoms with Gasteiger partial charge >= 0.3 is 5.97 Å². The molecule has 1 amide bonds. The van der Waals surface area contributed by atoms with Crippen molar-refractivity contribution in [3.63, 3.8) is 0 Å². The van der Waals surface area contributed by atoms with E-state index in [0.29, 0.717) is 25.9 Å². The second-order valence-electron chi connectivity index (χ2n) is 19.3. The molecule has 2 atom stereocenters. The van der Waals surface area contributed by atoms with Gasteiger partial charge in [0, 0.05) is 12.8 Å². The monoisotopic (exact) mass is 864 g/mol. The van der Waals surface area contributed by atoms with E-state index in [4.69, 9.17) is 4.74 Å². The van der Waals surface area contributed by atoms with Crippen LogP contribution in [0.5, 0.6) is 0 Å². The molecule has 0 aromatic heterocycles. The van der Waals surface area contributed by atoms with Crippen LogP contribution in [0.4, 0.5) is 0 Å². The minimum absolute atomic E-state index is 0.00958. The van der Waals surface area contributed by atoms with Gasteiger partial charge in [0.15, 0.2) is 0 Å².